The van der Waals surface area contributed by atoms with Crippen LogP contribution in [0, 0.1) is 0 Å². The minimum Gasteiger partial charge on any atom is -0.480 e. The van der Waals surface area contributed by atoms with Crippen LogP contribution in [0.1, 0.15) is 15.9 Å². The standard InChI is InChI=1S/C16H14ClN5O3/c17-13-3-1-2-11(4-13)7-21-9-14(6-19-21)20-16(25)12-5-18-22(8-12)10-15(23)24/h1-6,8-9H,7,10H2,(H,20,25)(H,23,24). The molecule has 0 atom stereocenters. The van der Waals surface area contributed by atoms with Gasteiger partial charge in [-0.25, -0.2) is 0 Å². The molecular formula is C16H14ClN5O3. The van der Waals surface area contributed by atoms with Gasteiger partial charge in [-0.2, -0.15) is 10.2 Å². The maximum atomic E-state index is 12.2. The molecule has 0 aliphatic rings. The number of carboxylic acids is 1. The molecule has 1 aromatic carbocycles. The van der Waals surface area contributed by atoms with Gasteiger partial charge < -0.3 is 10.4 Å². The summed E-state index contributed by atoms with van der Waals surface area (Å²) in [5.74, 6) is -1.42. The van der Waals surface area contributed by atoms with Gasteiger partial charge in [0.2, 0.25) is 0 Å². The molecule has 8 nitrogen and oxygen atoms in total. The second-order valence-corrected chi connectivity index (χ2v) is 5.77. The van der Waals surface area contributed by atoms with Crippen LogP contribution in [-0.4, -0.2) is 36.5 Å². The van der Waals surface area contributed by atoms with Gasteiger partial charge in [0.1, 0.15) is 6.54 Å². The number of carbonyl (C=O) groups is 2. The van der Waals surface area contributed by atoms with E-state index in [1.165, 1.54) is 23.3 Å². The number of hydrogen-bond donors (Lipinski definition) is 2. The topological polar surface area (TPSA) is 102 Å². The maximum absolute atomic E-state index is 12.2. The monoisotopic (exact) mass is 359 g/mol. The van der Waals surface area contributed by atoms with Crippen LogP contribution in [0.15, 0.2) is 49.1 Å². The highest BCUT2D eigenvalue weighted by atomic mass is 35.5. The number of hydrogen-bond acceptors (Lipinski definition) is 4. The van der Waals surface area contributed by atoms with Gasteiger partial charge in [-0.15, -0.1) is 0 Å². The average Bonchev–Trinajstić information content (AvgIpc) is 3.16. The van der Waals surface area contributed by atoms with Crippen LogP contribution < -0.4 is 5.32 Å². The number of aliphatic carboxylic acids is 1. The smallest absolute Gasteiger partial charge is 0.325 e. The summed E-state index contributed by atoms with van der Waals surface area (Å²) >= 11 is 5.96. The molecule has 0 saturated heterocycles. The molecular weight excluding hydrogens is 346 g/mol. The third-order valence-corrected chi connectivity index (χ3v) is 3.55. The van der Waals surface area contributed by atoms with E-state index in [0.29, 0.717) is 17.3 Å². The molecule has 25 heavy (non-hydrogen) atoms. The fraction of sp³-hybridized carbons (Fsp3) is 0.125. The molecule has 0 saturated carbocycles. The molecule has 0 aliphatic heterocycles. The lowest BCUT2D eigenvalue weighted by Crippen LogP contribution is -2.11. The van der Waals surface area contributed by atoms with Gasteiger partial charge in [-0.05, 0) is 17.7 Å². The second-order valence-electron chi connectivity index (χ2n) is 5.33. The number of benzene rings is 1. The summed E-state index contributed by atoms with van der Waals surface area (Å²) in [6, 6.07) is 7.43. The van der Waals surface area contributed by atoms with Crippen molar-refractivity contribution in [1.82, 2.24) is 19.6 Å². The van der Waals surface area contributed by atoms with Gasteiger partial charge in [-0.1, -0.05) is 23.7 Å². The molecule has 128 valence electrons. The Kier molecular flexibility index (Phi) is 4.80. The lowest BCUT2D eigenvalue weighted by molar-refractivity contribution is -0.137. The summed E-state index contributed by atoms with van der Waals surface area (Å²) in [4.78, 5) is 22.8. The van der Waals surface area contributed by atoms with Crippen LogP contribution >= 0.6 is 11.6 Å². The van der Waals surface area contributed by atoms with E-state index in [9.17, 15) is 9.59 Å². The Hall–Kier alpha value is -3.13. The molecule has 2 N–H and O–H groups in total. The molecule has 0 spiro atoms. The number of nitrogens with one attached hydrogen (secondary N) is 1. The second kappa shape index (κ2) is 7.18. The Labute approximate surface area is 147 Å². The van der Waals surface area contributed by atoms with Gasteiger partial charge in [0.25, 0.3) is 5.91 Å². The number of halogens is 1. The van der Waals surface area contributed by atoms with E-state index in [2.05, 4.69) is 15.5 Å². The van der Waals surface area contributed by atoms with Crippen LogP contribution in [0.5, 0.6) is 0 Å². The Morgan fingerprint density at radius 3 is 2.72 bits per heavy atom. The molecule has 0 aliphatic carbocycles. The van der Waals surface area contributed by atoms with Crippen molar-refractivity contribution in [2.24, 2.45) is 0 Å². The molecule has 2 heterocycles. The zero-order chi connectivity index (χ0) is 17.8. The predicted octanol–water partition coefficient (Wildman–Crippen LogP) is 2.12. The van der Waals surface area contributed by atoms with Crippen molar-refractivity contribution in [3.05, 3.63) is 65.2 Å². The molecule has 1 amide bonds. The number of carboxylic acid groups (broad SMARTS) is 1. The van der Waals surface area contributed by atoms with Crippen LogP contribution in [0.4, 0.5) is 5.69 Å². The van der Waals surface area contributed by atoms with E-state index in [4.69, 9.17) is 16.7 Å². The maximum Gasteiger partial charge on any atom is 0.325 e. The molecule has 3 aromatic rings. The van der Waals surface area contributed by atoms with Crippen LogP contribution in [0.3, 0.4) is 0 Å². The minimum absolute atomic E-state index is 0.267. The fourth-order valence-corrected chi connectivity index (χ4v) is 2.46. The number of rotatable bonds is 6. The van der Waals surface area contributed by atoms with Crippen molar-refractivity contribution in [3.63, 3.8) is 0 Å². The Morgan fingerprint density at radius 1 is 1.16 bits per heavy atom. The third kappa shape index (κ3) is 4.45. The first kappa shape index (κ1) is 16.7. The van der Waals surface area contributed by atoms with Gasteiger partial charge >= 0.3 is 5.97 Å². The largest absolute Gasteiger partial charge is 0.480 e. The van der Waals surface area contributed by atoms with Crippen molar-refractivity contribution < 1.29 is 14.7 Å². The molecule has 0 fully saturated rings. The highest BCUT2D eigenvalue weighted by Crippen LogP contribution is 2.13. The summed E-state index contributed by atoms with van der Waals surface area (Å²) in [6.07, 6.45) is 5.92. The predicted molar refractivity (Wildman–Crippen MR) is 90.6 cm³/mol. The van der Waals surface area contributed by atoms with Gasteiger partial charge in [0.15, 0.2) is 0 Å². The average molecular weight is 360 g/mol. The Balaban J connectivity index is 1.63. The molecule has 3 rings (SSSR count). The highest BCUT2D eigenvalue weighted by molar-refractivity contribution is 6.30. The van der Waals surface area contributed by atoms with E-state index in [0.717, 1.165) is 5.56 Å². The Morgan fingerprint density at radius 2 is 1.96 bits per heavy atom. The van der Waals surface area contributed by atoms with Crippen LogP contribution in [0.2, 0.25) is 5.02 Å². The minimum atomic E-state index is -1.03. The lowest BCUT2D eigenvalue weighted by atomic mass is 10.2. The third-order valence-electron chi connectivity index (χ3n) is 3.32. The van der Waals surface area contributed by atoms with E-state index >= 15 is 0 Å². The number of carbonyl (C=O) groups excluding carboxylic acids is 1. The summed E-state index contributed by atoms with van der Waals surface area (Å²) < 4.78 is 2.86. The summed E-state index contributed by atoms with van der Waals surface area (Å²) in [5, 5.41) is 20.1. The van der Waals surface area contributed by atoms with Crippen molar-refractivity contribution >= 4 is 29.2 Å². The SMILES string of the molecule is O=C(O)Cn1cc(C(=O)Nc2cnn(Cc3cccc(Cl)c3)c2)cn1. The molecule has 0 unspecified atom stereocenters. The number of aromatic nitrogens is 4. The normalized spacial score (nSPS) is 10.6. The number of amides is 1. The quantitative estimate of drug-likeness (QED) is 0.701. The first-order valence-electron chi connectivity index (χ1n) is 7.32. The van der Waals surface area contributed by atoms with Crippen LogP contribution in [-0.2, 0) is 17.9 Å². The molecule has 0 radical (unpaired) electrons. The van der Waals surface area contributed by atoms with E-state index in [1.54, 1.807) is 16.9 Å². The highest BCUT2D eigenvalue weighted by Gasteiger charge is 2.11. The van der Waals surface area contributed by atoms with Crippen molar-refractivity contribution in [2.75, 3.05) is 5.32 Å². The zero-order valence-corrected chi connectivity index (χ0v) is 13.7. The van der Waals surface area contributed by atoms with E-state index in [-0.39, 0.29) is 18.0 Å². The van der Waals surface area contributed by atoms with Crippen molar-refractivity contribution in [2.45, 2.75) is 13.1 Å². The zero-order valence-electron chi connectivity index (χ0n) is 13.0. The van der Waals surface area contributed by atoms with Gasteiger partial charge in [0.05, 0.1) is 30.2 Å². The van der Waals surface area contributed by atoms with Crippen LogP contribution in [0.25, 0.3) is 0 Å². The van der Waals surface area contributed by atoms with Gasteiger partial charge in [0, 0.05) is 17.4 Å². The number of anilines is 1. The van der Waals surface area contributed by atoms with Gasteiger partial charge in [-0.3, -0.25) is 19.0 Å². The fourth-order valence-electron chi connectivity index (χ4n) is 2.25. The van der Waals surface area contributed by atoms with E-state index in [1.807, 2.05) is 18.2 Å². The molecule has 9 heteroatoms. The summed E-state index contributed by atoms with van der Waals surface area (Å²) in [5.41, 5.74) is 1.78. The van der Waals surface area contributed by atoms with E-state index < -0.39 is 5.97 Å². The Bertz CT molecular complexity index is 918. The molecule has 2 aromatic heterocycles. The lowest BCUT2D eigenvalue weighted by Gasteiger charge is -2.02. The van der Waals surface area contributed by atoms with Crippen molar-refractivity contribution in [3.8, 4) is 0 Å². The number of nitrogens with zero attached hydrogens (tertiary/aromatic N) is 4. The first-order chi connectivity index (χ1) is 12.0. The van der Waals surface area contributed by atoms with Crippen molar-refractivity contribution in [1.29, 1.82) is 0 Å². The summed E-state index contributed by atoms with van der Waals surface area (Å²) in [7, 11) is 0. The molecule has 0 bridgehead atoms. The summed E-state index contributed by atoms with van der Waals surface area (Å²) in [6.45, 7) is 0.220. The first-order valence-corrected chi connectivity index (χ1v) is 7.70.